The van der Waals surface area contributed by atoms with Gasteiger partial charge in [-0.25, -0.2) is 0 Å². The van der Waals surface area contributed by atoms with Crippen LogP contribution in [0.3, 0.4) is 0 Å². The van der Waals surface area contributed by atoms with Crippen LogP contribution in [0, 0.1) is 0 Å². The summed E-state index contributed by atoms with van der Waals surface area (Å²) in [5.74, 6) is -0.720. The number of rotatable bonds is 5. The predicted octanol–water partition coefficient (Wildman–Crippen LogP) is 1.66. The Hall–Kier alpha value is -1.87. The number of halogens is 1. The highest BCUT2D eigenvalue weighted by Gasteiger charge is 2.28. The van der Waals surface area contributed by atoms with Gasteiger partial charge in [0.25, 0.3) is 16.8 Å². The summed E-state index contributed by atoms with van der Waals surface area (Å²) in [6, 6.07) is 0. The third-order valence-corrected chi connectivity index (χ3v) is 4.68. The molecule has 22 heavy (non-hydrogen) atoms. The van der Waals surface area contributed by atoms with Crippen molar-refractivity contribution in [3.63, 3.8) is 0 Å². The lowest BCUT2D eigenvalue weighted by atomic mass is 10.2. The van der Waals surface area contributed by atoms with Gasteiger partial charge in [-0.05, 0) is 22.9 Å². The van der Waals surface area contributed by atoms with Crippen molar-refractivity contribution in [3.8, 4) is 11.5 Å². The maximum absolute atomic E-state index is 12.0. The molecule has 0 fully saturated rings. The number of amides is 1. The van der Waals surface area contributed by atoms with Crippen molar-refractivity contribution < 1.29 is 14.6 Å². The minimum Gasteiger partial charge on any atom is -0.504 e. The van der Waals surface area contributed by atoms with Crippen molar-refractivity contribution in [1.82, 2.24) is 4.90 Å². The van der Waals surface area contributed by atoms with Gasteiger partial charge in [-0.2, -0.15) is 0 Å². The third kappa shape index (κ3) is 2.61. The van der Waals surface area contributed by atoms with Gasteiger partial charge in [0, 0.05) is 14.1 Å². The summed E-state index contributed by atoms with van der Waals surface area (Å²) in [5, 5.41) is 12.8. The Kier molecular flexibility index (Phi) is 4.57. The summed E-state index contributed by atoms with van der Waals surface area (Å²) in [5.41, 5.74) is -1.30. The first kappa shape index (κ1) is 16.5. The van der Waals surface area contributed by atoms with Gasteiger partial charge in [0.1, 0.15) is 16.3 Å². The largest absolute Gasteiger partial charge is 0.504 e. The molecule has 2 N–H and O–H groups in total. The Balaban J connectivity index is 2.40. The predicted molar refractivity (Wildman–Crippen MR) is 87.5 cm³/mol. The van der Waals surface area contributed by atoms with Crippen LogP contribution in [0.1, 0.15) is 16.6 Å². The fourth-order valence-electron chi connectivity index (χ4n) is 1.74. The number of nitrogens with one attached hydrogen (secondary N) is 1. The average Bonchev–Trinajstić information content (AvgIpc) is 2.76. The van der Waals surface area contributed by atoms with Gasteiger partial charge < -0.3 is 20.1 Å². The molecule has 0 aliphatic carbocycles. The monoisotopic (exact) mass is 388 g/mol. The van der Waals surface area contributed by atoms with Crippen LogP contribution in [-0.4, -0.2) is 36.6 Å². The zero-order valence-electron chi connectivity index (χ0n) is 12.0. The number of aromatic hydroxyl groups is 1. The van der Waals surface area contributed by atoms with Crippen molar-refractivity contribution in [2.24, 2.45) is 0 Å². The number of carbonyl (C=O) groups is 1. The van der Waals surface area contributed by atoms with E-state index in [9.17, 15) is 19.5 Å². The Morgan fingerprint density at radius 3 is 2.50 bits per heavy atom. The summed E-state index contributed by atoms with van der Waals surface area (Å²) in [6.45, 7) is 1.92. The zero-order valence-corrected chi connectivity index (χ0v) is 14.4. The topological polar surface area (TPSA) is 95.9 Å². The van der Waals surface area contributed by atoms with E-state index in [1.165, 1.54) is 4.90 Å². The van der Waals surface area contributed by atoms with Crippen molar-refractivity contribution in [1.29, 1.82) is 0 Å². The van der Waals surface area contributed by atoms with Gasteiger partial charge in [0.05, 0.1) is 10.4 Å². The molecule has 0 saturated heterocycles. The Bertz CT molecular complexity index is 804. The van der Waals surface area contributed by atoms with Gasteiger partial charge >= 0.3 is 0 Å². The number of hydrogen-bond donors (Lipinski definition) is 2. The number of hydrogen-bond acceptors (Lipinski definition) is 7. The summed E-state index contributed by atoms with van der Waals surface area (Å²) in [4.78, 5) is 36.4. The van der Waals surface area contributed by atoms with E-state index in [4.69, 9.17) is 4.74 Å². The van der Waals surface area contributed by atoms with Crippen LogP contribution in [0.25, 0.3) is 0 Å². The molecule has 2 rings (SSSR count). The van der Waals surface area contributed by atoms with Crippen LogP contribution in [0.5, 0.6) is 11.5 Å². The van der Waals surface area contributed by atoms with E-state index >= 15 is 0 Å². The molecular formula is C13H13BrN2O5S. The third-order valence-electron chi connectivity index (χ3n) is 2.85. The van der Waals surface area contributed by atoms with E-state index in [0.717, 1.165) is 11.3 Å². The number of carbonyl (C=O) groups excluding carboxylic acids is 1. The molecular weight excluding hydrogens is 376 g/mol. The molecule has 0 bridgehead atoms. The van der Waals surface area contributed by atoms with Crippen LogP contribution in [0.15, 0.2) is 13.4 Å². The molecule has 0 unspecified atom stereocenters. The SMILES string of the molecule is CCOc1c(Nc2c(Br)sc(C(=O)N(C)C)c2O)c(=O)c1=O. The lowest BCUT2D eigenvalue weighted by Crippen LogP contribution is -2.35. The first-order valence-corrected chi connectivity index (χ1v) is 7.86. The molecule has 0 spiro atoms. The highest BCUT2D eigenvalue weighted by Crippen LogP contribution is 2.45. The lowest BCUT2D eigenvalue weighted by molar-refractivity contribution is 0.0829. The minimum atomic E-state index is -0.721. The van der Waals surface area contributed by atoms with Crippen LogP contribution >= 0.6 is 27.3 Å². The first-order valence-electron chi connectivity index (χ1n) is 6.25. The Morgan fingerprint density at radius 1 is 1.32 bits per heavy atom. The number of nitrogens with zero attached hydrogens (tertiary/aromatic N) is 1. The smallest absolute Gasteiger partial charge is 0.272 e. The van der Waals surface area contributed by atoms with Crippen molar-refractivity contribution in [2.75, 3.05) is 26.0 Å². The summed E-state index contributed by atoms with van der Waals surface area (Å²) in [7, 11) is 3.12. The number of anilines is 2. The van der Waals surface area contributed by atoms with Gasteiger partial charge in [0.15, 0.2) is 11.5 Å². The second-order valence-electron chi connectivity index (χ2n) is 4.55. The summed E-state index contributed by atoms with van der Waals surface area (Å²) < 4.78 is 5.53. The van der Waals surface area contributed by atoms with Gasteiger partial charge in [0.2, 0.25) is 0 Å². The summed E-state index contributed by atoms with van der Waals surface area (Å²) >= 11 is 4.25. The van der Waals surface area contributed by atoms with Crippen molar-refractivity contribution >= 4 is 44.5 Å². The Morgan fingerprint density at radius 2 is 1.95 bits per heavy atom. The highest BCUT2D eigenvalue weighted by molar-refractivity contribution is 9.11. The molecule has 0 atom stereocenters. The maximum atomic E-state index is 12.0. The first-order chi connectivity index (χ1) is 10.3. The van der Waals surface area contributed by atoms with Crippen LogP contribution in [0.2, 0.25) is 0 Å². The van der Waals surface area contributed by atoms with E-state index in [1.54, 1.807) is 21.0 Å². The van der Waals surface area contributed by atoms with Crippen LogP contribution < -0.4 is 20.9 Å². The van der Waals surface area contributed by atoms with Crippen LogP contribution in [-0.2, 0) is 0 Å². The van der Waals surface area contributed by atoms with E-state index in [-0.39, 0.29) is 40.3 Å². The van der Waals surface area contributed by atoms with E-state index in [1.807, 2.05) is 0 Å². The standard InChI is InChI=1S/C13H13BrN2O5S/c1-4-21-10-5(7(17)9(10)19)15-6-8(18)11(22-12(6)14)13(20)16(2)3/h15,18H,4H2,1-3H3. The van der Waals surface area contributed by atoms with E-state index < -0.39 is 10.9 Å². The Labute approximate surface area is 138 Å². The van der Waals surface area contributed by atoms with Gasteiger partial charge in [-0.15, -0.1) is 11.3 Å². The summed E-state index contributed by atoms with van der Waals surface area (Å²) in [6.07, 6.45) is 0. The molecule has 0 aliphatic heterocycles. The molecule has 0 saturated carbocycles. The molecule has 0 aliphatic rings. The van der Waals surface area contributed by atoms with Crippen molar-refractivity contribution in [3.05, 3.63) is 29.1 Å². The molecule has 7 nitrogen and oxygen atoms in total. The van der Waals surface area contributed by atoms with E-state index in [2.05, 4.69) is 21.2 Å². The average molecular weight is 389 g/mol. The van der Waals surface area contributed by atoms with Crippen LogP contribution in [0.4, 0.5) is 11.4 Å². The van der Waals surface area contributed by atoms with Gasteiger partial charge in [-0.1, -0.05) is 0 Å². The molecule has 2 aromatic rings. The molecule has 1 aromatic heterocycles. The number of ether oxygens (including phenoxy) is 1. The maximum Gasteiger partial charge on any atom is 0.272 e. The zero-order chi connectivity index (χ0) is 16.6. The number of thiophene rings is 1. The molecule has 1 amide bonds. The lowest BCUT2D eigenvalue weighted by Gasteiger charge is -2.13. The fourth-order valence-corrected chi connectivity index (χ4v) is 3.41. The minimum absolute atomic E-state index is 0.0236. The molecule has 118 valence electrons. The van der Waals surface area contributed by atoms with Crippen molar-refractivity contribution in [2.45, 2.75) is 6.92 Å². The molecule has 1 heterocycles. The second-order valence-corrected chi connectivity index (χ2v) is 6.89. The van der Waals surface area contributed by atoms with E-state index in [0.29, 0.717) is 3.79 Å². The molecule has 9 heteroatoms. The quantitative estimate of drug-likeness (QED) is 0.756. The highest BCUT2D eigenvalue weighted by atomic mass is 79.9. The normalized spacial score (nSPS) is 10.7. The molecule has 1 aromatic carbocycles. The second kappa shape index (κ2) is 6.09. The van der Waals surface area contributed by atoms with Gasteiger partial charge in [-0.3, -0.25) is 14.4 Å². The fraction of sp³-hybridized carbons (Fsp3) is 0.308. The molecule has 0 radical (unpaired) electrons.